The van der Waals surface area contributed by atoms with E-state index in [4.69, 9.17) is 0 Å². The van der Waals surface area contributed by atoms with Gasteiger partial charge in [-0.25, -0.2) is 13.1 Å². The number of tetrazole rings is 1. The Morgan fingerprint density at radius 3 is 2.88 bits per heavy atom. The number of rotatable bonds is 3. The largest absolute Gasteiger partial charge is 0.340 e. The monoisotopic (exact) mass is 259 g/mol. The Morgan fingerprint density at radius 2 is 2.35 bits per heavy atom. The highest BCUT2D eigenvalue weighted by atomic mass is 32.2. The number of hydrogen-bond acceptors (Lipinski definition) is 6. The van der Waals surface area contributed by atoms with Crippen LogP contribution in [0.25, 0.3) is 0 Å². The van der Waals surface area contributed by atoms with E-state index in [1.165, 1.54) is 15.9 Å². The van der Waals surface area contributed by atoms with Gasteiger partial charge in [0.1, 0.15) is 12.9 Å². The van der Waals surface area contributed by atoms with Crippen LogP contribution >= 0.6 is 0 Å². The van der Waals surface area contributed by atoms with Crippen LogP contribution < -0.4 is 0 Å². The number of likely N-dealkylation sites (N-methyl/N-ethyl adjacent to an activating group) is 1. The molecule has 1 aliphatic heterocycles. The molecule has 0 aliphatic carbocycles. The molecule has 0 N–H and O–H groups in total. The minimum atomic E-state index is -2.98. The molecule has 1 aromatic rings. The van der Waals surface area contributed by atoms with Crippen molar-refractivity contribution in [3.05, 3.63) is 6.33 Å². The molecular weight excluding hydrogens is 246 g/mol. The number of hydrogen-bond donors (Lipinski definition) is 0. The van der Waals surface area contributed by atoms with Gasteiger partial charge < -0.3 is 4.90 Å². The molecule has 17 heavy (non-hydrogen) atoms. The summed E-state index contributed by atoms with van der Waals surface area (Å²) in [5.41, 5.74) is 0. The van der Waals surface area contributed by atoms with Crippen molar-refractivity contribution in [2.24, 2.45) is 0 Å². The molecule has 0 spiro atoms. The molecule has 8 nitrogen and oxygen atoms in total. The number of carbonyl (C=O) groups excluding carboxylic acids is 1. The zero-order valence-electron chi connectivity index (χ0n) is 9.35. The number of nitrogens with zero attached hydrogens (tertiary/aromatic N) is 5. The van der Waals surface area contributed by atoms with Gasteiger partial charge in [0, 0.05) is 13.1 Å². The van der Waals surface area contributed by atoms with Crippen LogP contribution in [0.1, 0.15) is 6.42 Å². The summed E-state index contributed by atoms with van der Waals surface area (Å²) in [6, 6.07) is -0.232. The van der Waals surface area contributed by atoms with Crippen LogP contribution in [-0.4, -0.2) is 64.0 Å². The second kappa shape index (κ2) is 4.40. The first kappa shape index (κ1) is 12.0. The van der Waals surface area contributed by atoms with Crippen LogP contribution in [0.15, 0.2) is 6.33 Å². The van der Waals surface area contributed by atoms with E-state index in [-0.39, 0.29) is 30.0 Å². The van der Waals surface area contributed by atoms with Crippen molar-refractivity contribution in [2.45, 2.75) is 19.0 Å². The molecule has 1 fully saturated rings. The minimum Gasteiger partial charge on any atom is -0.340 e. The van der Waals surface area contributed by atoms with Crippen molar-refractivity contribution in [1.82, 2.24) is 25.1 Å². The first-order chi connectivity index (χ1) is 7.98. The fraction of sp³-hybridized carbons (Fsp3) is 0.750. The van der Waals surface area contributed by atoms with Crippen LogP contribution in [0.5, 0.6) is 0 Å². The van der Waals surface area contributed by atoms with Crippen LogP contribution in [0.2, 0.25) is 0 Å². The van der Waals surface area contributed by atoms with Gasteiger partial charge in [-0.3, -0.25) is 4.79 Å². The second-order valence-corrected chi connectivity index (χ2v) is 6.30. The van der Waals surface area contributed by atoms with E-state index in [9.17, 15) is 13.2 Å². The van der Waals surface area contributed by atoms with Crippen molar-refractivity contribution in [3.8, 4) is 0 Å². The SMILES string of the molecule is CN(C(=O)Cn1cnnn1)C1CCS(=O)(=O)C1. The zero-order valence-corrected chi connectivity index (χ0v) is 10.2. The maximum atomic E-state index is 11.8. The van der Waals surface area contributed by atoms with Crippen LogP contribution in [-0.2, 0) is 21.2 Å². The topological polar surface area (TPSA) is 98.1 Å². The normalized spacial score (nSPS) is 22.5. The predicted molar refractivity (Wildman–Crippen MR) is 57.6 cm³/mol. The van der Waals surface area contributed by atoms with Gasteiger partial charge >= 0.3 is 0 Å². The molecule has 0 saturated carbocycles. The van der Waals surface area contributed by atoms with E-state index in [2.05, 4.69) is 15.5 Å². The van der Waals surface area contributed by atoms with Crippen molar-refractivity contribution in [2.75, 3.05) is 18.6 Å². The Labute approximate surface area is 98.5 Å². The number of amides is 1. The highest BCUT2D eigenvalue weighted by Crippen LogP contribution is 2.16. The Bertz CT molecular complexity index is 497. The maximum Gasteiger partial charge on any atom is 0.244 e. The van der Waals surface area contributed by atoms with Crippen molar-refractivity contribution < 1.29 is 13.2 Å². The highest BCUT2D eigenvalue weighted by molar-refractivity contribution is 7.91. The van der Waals surface area contributed by atoms with E-state index in [1.54, 1.807) is 7.05 Å². The smallest absolute Gasteiger partial charge is 0.244 e. The fourth-order valence-corrected chi connectivity index (χ4v) is 3.56. The van der Waals surface area contributed by atoms with Gasteiger partial charge in [0.2, 0.25) is 5.91 Å². The fourth-order valence-electron chi connectivity index (χ4n) is 1.79. The van der Waals surface area contributed by atoms with Gasteiger partial charge in [-0.15, -0.1) is 5.10 Å². The molecule has 1 aliphatic rings. The molecule has 1 atom stereocenters. The third-order valence-corrected chi connectivity index (χ3v) is 4.59. The Hall–Kier alpha value is -1.51. The number of carbonyl (C=O) groups is 1. The Kier molecular flexibility index (Phi) is 3.09. The lowest BCUT2D eigenvalue weighted by molar-refractivity contribution is -0.132. The summed E-state index contributed by atoms with van der Waals surface area (Å²) in [7, 11) is -1.37. The molecule has 1 aromatic heterocycles. The van der Waals surface area contributed by atoms with Gasteiger partial charge in [0.05, 0.1) is 11.5 Å². The summed E-state index contributed by atoms with van der Waals surface area (Å²) in [6.45, 7) is 0.0278. The molecular formula is C8H13N5O3S. The molecule has 1 unspecified atom stereocenters. The molecule has 94 valence electrons. The molecule has 0 radical (unpaired) electrons. The van der Waals surface area contributed by atoms with E-state index in [0.717, 1.165) is 0 Å². The summed E-state index contributed by atoms with van der Waals surface area (Å²) in [6.07, 6.45) is 1.84. The van der Waals surface area contributed by atoms with Gasteiger partial charge in [-0.2, -0.15) is 0 Å². The highest BCUT2D eigenvalue weighted by Gasteiger charge is 2.32. The zero-order chi connectivity index (χ0) is 12.5. The Balaban J connectivity index is 1.96. The van der Waals surface area contributed by atoms with E-state index in [0.29, 0.717) is 6.42 Å². The summed E-state index contributed by atoms with van der Waals surface area (Å²) in [4.78, 5) is 13.3. The number of aromatic nitrogens is 4. The van der Waals surface area contributed by atoms with Crippen molar-refractivity contribution in [3.63, 3.8) is 0 Å². The minimum absolute atomic E-state index is 0.0278. The van der Waals surface area contributed by atoms with Gasteiger partial charge in [0.25, 0.3) is 0 Å². The van der Waals surface area contributed by atoms with Crippen molar-refractivity contribution in [1.29, 1.82) is 0 Å². The average molecular weight is 259 g/mol. The Morgan fingerprint density at radius 1 is 1.59 bits per heavy atom. The van der Waals surface area contributed by atoms with E-state index < -0.39 is 9.84 Å². The van der Waals surface area contributed by atoms with Gasteiger partial charge in [-0.1, -0.05) is 0 Å². The molecule has 0 aromatic carbocycles. The first-order valence-corrected chi connectivity index (χ1v) is 6.97. The van der Waals surface area contributed by atoms with Gasteiger partial charge in [0.15, 0.2) is 9.84 Å². The first-order valence-electron chi connectivity index (χ1n) is 5.15. The van der Waals surface area contributed by atoms with Crippen LogP contribution in [0.3, 0.4) is 0 Å². The maximum absolute atomic E-state index is 11.8. The lowest BCUT2D eigenvalue weighted by Gasteiger charge is -2.23. The third-order valence-electron chi connectivity index (χ3n) is 2.84. The molecule has 9 heteroatoms. The lowest BCUT2D eigenvalue weighted by Crippen LogP contribution is -2.39. The number of sulfone groups is 1. The molecule has 0 bridgehead atoms. The molecule has 1 saturated heterocycles. The van der Waals surface area contributed by atoms with E-state index in [1.807, 2.05) is 0 Å². The predicted octanol–water partition coefficient (Wildman–Crippen LogP) is -1.68. The quantitative estimate of drug-likeness (QED) is 0.643. The summed E-state index contributed by atoms with van der Waals surface area (Å²) >= 11 is 0. The summed E-state index contributed by atoms with van der Waals surface area (Å²) in [5.74, 6) is 0.00442. The van der Waals surface area contributed by atoms with Crippen molar-refractivity contribution >= 4 is 15.7 Å². The summed E-state index contributed by atoms with van der Waals surface area (Å²) in [5, 5.41) is 10.4. The third kappa shape index (κ3) is 2.78. The molecule has 2 rings (SSSR count). The van der Waals surface area contributed by atoms with Gasteiger partial charge in [-0.05, 0) is 16.8 Å². The van der Waals surface area contributed by atoms with E-state index >= 15 is 0 Å². The summed E-state index contributed by atoms with van der Waals surface area (Å²) < 4.78 is 23.9. The molecule has 1 amide bonds. The average Bonchev–Trinajstić information content (AvgIpc) is 2.86. The second-order valence-electron chi connectivity index (χ2n) is 4.07. The van der Waals surface area contributed by atoms with Crippen LogP contribution in [0, 0.1) is 0 Å². The molecule has 2 heterocycles. The lowest BCUT2D eigenvalue weighted by atomic mass is 10.2. The standard InChI is InChI=1S/C8H13N5O3S/c1-12(7-2-3-17(15,16)5-7)8(14)4-13-6-9-10-11-13/h6-7H,2-5H2,1H3. The van der Waals surface area contributed by atoms with Crippen LogP contribution in [0.4, 0.5) is 0 Å².